The van der Waals surface area contributed by atoms with Crippen molar-refractivity contribution in [2.75, 3.05) is 25.6 Å². The van der Waals surface area contributed by atoms with E-state index in [1.165, 1.54) is 25.7 Å². The highest BCUT2D eigenvalue weighted by Crippen LogP contribution is 2.22. The molecule has 0 spiro atoms. The maximum Gasteiger partial charge on any atom is 0.0558 e. The fourth-order valence-electron chi connectivity index (χ4n) is 2.09. The van der Waals surface area contributed by atoms with Gasteiger partial charge >= 0.3 is 0 Å². The summed E-state index contributed by atoms with van der Waals surface area (Å²) >= 11 is 5.57. The van der Waals surface area contributed by atoms with Crippen LogP contribution in [0.4, 0.5) is 0 Å². The predicted octanol–water partition coefficient (Wildman–Crippen LogP) is 2.02. The Kier molecular flexibility index (Phi) is 6.24. The fraction of sp³-hybridized carbons (Fsp3) is 0.818. The molecule has 0 heterocycles. The minimum absolute atomic E-state index is 0.255. The molecule has 0 bridgehead atoms. The van der Waals surface area contributed by atoms with Crippen molar-refractivity contribution in [2.24, 2.45) is 0 Å². The number of alkyl halides is 1. The van der Waals surface area contributed by atoms with E-state index in [4.69, 9.17) is 16.7 Å². The summed E-state index contributed by atoms with van der Waals surface area (Å²) in [7, 11) is 0. The molecular formula is C11H20ClNO. The summed E-state index contributed by atoms with van der Waals surface area (Å²) in [5, 5.41) is 8.96. The number of halogens is 1. The summed E-state index contributed by atoms with van der Waals surface area (Å²) in [4.78, 5) is 2.36. The third-order valence-corrected chi connectivity index (χ3v) is 3.00. The normalized spacial score (nSPS) is 18.8. The number of hydrogen-bond donors (Lipinski definition) is 1. The van der Waals surface area contributed by atoms with Gasteiger partial charge < -0.3 is 5.11 Å². The minimum Gasteiger partial charge on any atom is -0.395 e. The predicted molar refractivity (Wildman–Crippen MR) is 60.8 cm³/mol. The van der Waals surface area contributed by atoms with Crippen molar-refractivity contribution in [3.05, 3.63) is 12.2 Å². The van der Waals surface area contributed by atoms with Crippen molar-refractivity contribution in [3.8, 4) is 0 Å². The van der Waals surface area contributed by atoms with Gasteiger partial charge in [-0.3, -0.25) is 4.90 Å². The van der Waals surface area contributed by atoms with E-state index in [0.29, 0.717) is 11.9 Å². The van der Waals surface area contributed by atoms with Crippen LogP contribution in [-0.4, -0.2) is 41.6 Å². The Morgan fingerprint density at radius 3 is 2.57 bits per heavy atom. The van der Waals surface area contributed by atoms with Crippen molar-refractivity contribution in [2.45, 2.75) is 31.7 Å². The lowest BCUT2D eigenvalue weighted by Gasteiger charge is -2.26. The van der Waals surface area contributed by atoms with E-state index in [0.717, 1.165) is 13.1 Å². The molecule has 1 rings (SSSR count). The first-order valence-electron chi connectivity index (χ1n) is 5.44. The van der Waals surface area contributed by atoms with Crippen LogP contribution < -0.4 is 0 Å². The highest BCUT2D eigenvalue weighted by molar-refractivity contribution is 6.18. The van der Waals surface area contributed by atoms with Crippen molar-refractivity contribution in [1.29, 1.82) is 0 Å². The van der Waals surface area contributed by atoms with E-state index in [2.05, 4.69) is 11.0 Å². The maximum absolute atomic E-state index is 8.96. The van der Waals surface area contributed by atoms with E-state index in [-0.39, 0.29) is 6.61 Å². The molecule has 3 heteroatoms. The van der Waals surface area contributed by atoms with Crippen molar-refractivity contribution in [1.82, 2.24) is 4.90 Å². The smallest absolute Gasteiger partial charge is 0.0558 e. The number of aliphatic hydroxyl groups excluding tert-OH is 1. The quantitative estimate of drug-likeness (QED) is 0.544. The summed E-state index contributed by atoms with van der Waals surface area (Å²) in [6, 6.07) is 0.683. The van der Waals surface area contributed by atoms with Crippen LogP contribution in [0.1, 0.15) is 25.7 Å². The molecule has 1 fully saturated rings. The molecule has 0 amide bonds. The van der Waals surface area contributed by atoms with Gasteiger partial charge in [0.05, 0.1) is 6.61 Å². The molecular weight excluding hydrogens is 198 g/mol. The highest BCUT2D eigenvalue weighted by Gasteiger charge is 2.20. The Morgan fingerprint density at radius 2 is 2.00 bits per heavy atom. The summed E-state index contributed by atoms with van der Waals surface area (Å²) in [6.45, 7) is 1.97. The van der Waals surface area contributed by atoms with Gasteiger partial charge in [0, 0.05) is 25.0 Å². The highest BCUT2D eigenvalue weighted by atomic mass is 35.5. The van der Waals surface area contributed by atoms with Gasteiger partial charge in [-0.2, -0.15) is 0 Å². The summed E-state index contributed by atoms with van der Waals surface area (Å²) in [5.74, 6) is 0.581. The van der Waals surface area contributed by atoms with E-state index < -0.39 is 0 Å². The molecule has 14 heavy (non-hydrogen) atoms. The van der Waals surface area contributed by atoms with E-state index >= 15 is 0 Å². The molecule has 1 aliphatic carbocycles. The van der Waals surface area contributed by atoms with E-state index in [1.807, 2.05) is 6.08 Å². The lowest BCUT2D eigenvalue weighted by molar-refractivity contribution is 0.165. The van der Waals surface area contributed by atoms with Gasteiger partial charge in [0.25, 0.3) is 0 Å². The molecule has 0 aromatic rings. The summed E-state index contributed by atoms with van der Waals surface area (Å²) < 4.78 is 0. The average molecular weight is 218 g/mol. The molecule has 0 unspecified atom stereocenters. The van der Waals surface area contributed by atoms with Gasteiger partial charge in [0.15, 0.2) is 0 Å². The second kappa shape index (κ2) is 7.27. The van der Waals surface area contributed by atoms with Gasteiger partial charge in [0.2, 0.25) is 0 Å². The van der Waals surface area contributed by atoms with Crippen LogP contribution in [0.5, 0.6) is 0 Å². The number of nitrogens with zero attached hydrogens (tertiary/aromatic N) is 1. The SMILES string of the molecule is OCCN(CC=CCCl)C1CCCC1. The molecule has 0 saturated heterocycles. The Labute approximate surface area is 91.6 Å². The fourth-order valence-corrected chi connectivity index (χ4v) is 2.22. The third kappa shape index (κ3) is 3.99. The molecule has 0 atom stereocenters. The van der Waals surface area contributed by atoms with Gasteiger partial charge in [0.1, 0.15) is 0 Å². The lowest BCUT2D eigenvalue weighted by atomic mass is 10.2. The first-order valence-corrected chi connectivity index (χ1v) is 5.97. The third-order valence-electron chi connectivity index (χ3n) is 2.82. The molecule has 0 aliphatic heterocycles. The first-order chi connectivity index (χ1) is 6.88. The number of allylic oxidation sites excluding steroid dienone is 1. The zero-order valence-electron chi connectivity index (χ0n) is 8.66. The molecule has 1 saturated carbocycles. The summed E-state index contributed by atoms with van der Waals surface area (Å²) in [6.07, 6.45) is 9.32. The standard InChI is InChI=1S/C11H20ClNO/c12-7-3-4-8-13(9-10-14)11-5-1-2-6-11/h3-4,11,14H,1-2,5-10H2. The van der Waals surface area contributed by atoms with Crippen LogP contribution in [0.15, 0.2) is 12.2 Å². The second-order valence-electron chi connectivity index (χ2n) is 3.78. The van der Waals surface area contributed by atoms with Gasteiger partial charge in [-0.1, -0.05) is 25.0 Å². The largest absolute Gasteiger partial charge is 0.395 e. The number of aliphatic hydroxyl groups is 1. The van der Waals surface area contributed by atoms with Gasteiger partial charge in [-0.15, -0.1) is 11.6 Å². The number of rotatable bonds is 6. The maximum atomic E-state index is 8.96. The van der Waals surface area contributed by atoms with Crippen LogP contribution in [0.25, 0.3) is 0 Å². The molecule has 0 radical (unpaired) electrons. The first kappa shape index (κ1) is 12.0. The summed E-state index contributed by atoms with van der Waals surface area (Å²) in [5.41, 5.74) is 0. The Hall–Kier alpha value is -0.0500. The molecule has 1 aliphatic rings. The second-order valence-corrected chi connectivity index (χ2v) is 4.09. The zero-order chi connectivity index (χ0) is 10.2. The topological polar surface area (TPSA) is 23.5 Å². The van der Waals surface area contributed by atoms with Crippen molar-refractivity contribution >= 4 is 11.6 Å². The van der Waals surface area contributed by atoms with Gasteiger partial charge in [-0.25, -0.2) is 0 Å². The van der Waals surface area contributed by atoms with E-state index in [1.54, 1.807) is 0 Å². The monoisotopic (exact) mass is 217 g/mol. The Morgan fingerprint density at radius 1 is 1.29 bits per heavy atom. The molecule has 1 N–H and O–H groups in total. The van der Waals surface area contributed by atoms with Crippen molar-refractivity contribution in [3.63, 3.8) is 0 Å². The van der Waals surface area contributed by atoms with Crippen LogP contribution in [-0.2, 0) is 0 Å². The molecule has 2 nitrogen and oxygen atoms in total. The van der Waals surface area contributed by atoms with Crippen LogP contribution in [0, 0.1) is 0 Å². The minimum atomic E-state index is 0.255. The van der Waals surface area contributed by atoms with Gasteiger partial charge in [-0.05, 0) is 12.8 Å². The number of hydrogen-bond acceptors (Lipinski definition) is 2. The zero-order valence-corrected chi connectivity index (χ0v) is 9.42. The Bertz CT molecular complexity index is 167. The van der Waals surface area contributed by atoms with Crippen LogP contribution in [0.2, 0.25) is 0 Å². The Balaban J connectivity index is 2.33. The molecule has 82 valence electrons. The molecule has 0 aromatic carbocycles. The van der Waals surface area contributed by atoms with Crippen molar-refractivity contribution < 1.29 is 5.11 Å². The van der Waals surface area contributed by atoms with Crippen LogP contribution in [0.3, 0.4) is 0 Å². The molecule has 0 aromatic heterocycles. The van der Waals surface area contributed by atoms with E-state index in [9.17, 15) is 0 Å². The average Bonchev–Trinajstić information content (AvgIpc) is 2.70. The van der Waals surface area contributed by atoms with Crippen LogP contribution >= 0.6 is 11.6 Å². The lowest BCUT2D eigenvalue weighted by Crippen LogP contribution is -2.35.